The summed E-state index contributed by atoms with van der Waals surface area (Å²) in [4.78, 5) is 12.2. The number of ether oxygens (including phenoxy) is 2. The minimum absolute atomic E-state index is 0.0344. The number of aromatic nitrogens is 4. The molecule has 1 atom stereocenters. The number of hydrogen-bond donors (Lipinski definition) is 2. The van der Waals surface area contributed by atoms with Gasteiger partial charge >= 0.3 is 6.18 Å². The van der Waals surface area contributed by atoms with E-state index in [1.807, 2.05) is 6.42 Å². The predicted molar refractivity (Wildman–Crippen MR) is 78.9 cm³/mol. The summed E-state index contributed by atoms with van der Waals surface area (Å²) in [6.45, 7) is -0.923. The Labute approximate surface area is 140 Å². The third-order valence-electron chi connectivity index (χ3n) is 3.46. The summed E-state index contributed by atoms with van der Waals surface area (Å²) in [7, 11) is 1.42. The first kappa shape index (κ1) is 17.3. The lowest BCUT2D eigenvalue weighted by atomic mass is 10.2. The summed E-state index contributed by atoms with van der Waals surface area (Å²) in [5, 5.41) is 13.0. The van der Waals surface area contributed by atoms with E-state index in [1.54, 1.807) is 6.07 Å². The van der Waals surface area contributed by atoms with Crippen molar-refractivity contribution in [3.63, 3.8) is 0 Å². The molecule has 2 N–H and O–H groups in total. The highest BCUT2D eigenvalue weighted by Gasteiger charge is 2.29. The van der Waals surface area contributed by atoms with Gasteiger partial charge in [-0.1, -0.05) is 0 Å². The van der Waals surface area contributed by atoms with E-state index in [1.165, 1.54) is 7.05 Å². The number of rotatable bonds is 5. The summed E-state index contributed by atoms with van der Waals surface area (Å²) < 4.78 is 47.6. The van der Waals surface area contributed by atoms with Gasteiger partial charge in [-0.2, -0.15) is 18.3 Å². The van der Waals surface area contributed by atoms with Crippen LogP contribution in [0.1, 0.15) is 28.7 Å². The molecule has 11 heteroatoms. The van der Waals surface area contributed by atoms with Crippen LogP contribution in [0.4, 0.5) is 19.0 Å². The van der Waals surface area contributed by atoms with Crippen LogP contribution in [0.15, 0.2) is 12.1 Å². The summed E-state index contributed by atoms with van der Waals surface area (Å²) in [6.07, 6.45) is -1.87. The van der Waals surface area contributed by atoms with Crippen molar-refractivity contribution in [3.8, 4) is 5.88 Å². The Morgan fingerprint density at radius 3 is 3.00 bits per heavy atom. The van der Waals surface area contributed by atoms with Gasteiger partial charge in [0.25, 0.3) is 5.91 Å². The van der Waals surface area contributed by atoms with Crippen molar-refractivity contribution >= 4 is 11.7 Å². The van der Waals surface area contributed by atoms with Crippen LogP contribution < -0.4 is 10.1 Å². The fourth-order valence-corrected chi connectivity index (χ4v) is 2.31. The van der Waals surface area contributed by atoms with Crippen molar-refractivity contribution in [3.05, 3.63) is 29.9 Å². The molecule has 8 nitrogen and oxygen atoms in total. The molecule has 1 aliphatic rings. The first-order chi connectivity index (χ1) is 11.8. The molecule has 0 saturated carbocycles. The lowest BCUT2D eigenvalue weighted by Gasteiger charge is -2.05. The number of alkyl halides is 3. The Kier molecular flexibility index (Phi) is 4.66. The van der Waals surface area contributed by atoms with Crippen LogP contribution in [-0.2, 0) is 11.8 Å². The number of amides is 1. The largest absolute Gasteiger partial charge is 0.467 e. The van der Waals surface area contributed by atoms with Gasteiger partial charge in [0.1, 0.15) is 5.69 Å². The number of H-pyrrole nitrogens is 1. The van der Waals surface area contributed by atoms with Gasteiger partial charge in [0, 0.05) is 19.2 Å². The van der Waals surface area contributed by atoms with E-state index in [0.717, 1.165) is 22.9 Å². The van der Waals surface area contributed by atoms with Gasteiger partial charge in [-0.3, -0.25) is 14.6 Å². The van der Waals surface area contributed by atoms with Gasteiger partial charge in [0.05, 0.1) is 18.4 Å². The Balaban J connectivity index is 1.64. The Bertz CT molecular complexity index is 749. The van der Waals surface area contributed by atoms with E-state index < -0.39 is 18.7 Å². The zero-order chi connectivity index (χ0) is 18.0. The number of carbonyl (C=O) groups is 1. The average molecular weight is 358 g/mol. The highest BCUT2D eigenvalue weighted by Crippen LogP contribution is 2.27. The number of aryl methyl sites for hydroxylation is 1. The lowest BCUT2D eigenvalue weighted by Crippen LogP contribution is -2.19. The molecule has 2 aromatic heterocycles. The summed E-state index contributed by atoms with van der Waals surface area (Å²) >= 11 is 0. The SMILES string of the molecule is Cn1nc(OCC(F)(F)F)cc1C(=O)Nc1cc([C@H]2C[CH]CO2)[nH]n1. The standard InChI is InChI=1S/C14H15F3N5O3/c1-22-9(6-12(21-22)25-7-14(15,16)17)13(23)18-11-5-8(19-20-11)10-3-2-4-24-10/h2,5-6,10H,3-4,7H2,1H3,(H2,18,19,20,23)/t10-/m1/s1. The van der Waals surface area contributed by atoms with Crippen molar-refractivity contribution in [2.24, 2.45) is 7.05 Å². The predicted octanol–water partition coefficient (Wildman–Crippen LogP) is 2.00. The fourth-order valence-electron chi connectivity index (χ4n) is 2.31. The van der Waals surface area contributed by atoms with Crippen molar-refractivity contribution < 1.29 is 27.4 Å². The molecule has 0 aliphatic carbocycles. The molecule has 3 rings (SSSR count). The highest BCUT2D eigenvalue weighted by molar-refractivity contribution is 6.02. The minimum atomic E-state index is -4.48. The smallest absolute Gasteiger partial charge is 0.422 e. The van der Waals surface area contributed by atoms with Crippen molar-refractivity contribution in [1.29, 1.82) is 0 Å². The molecule has 1 radical (unpaired) electrons. The van der Waals surface area contributed by atoms with Crippen LogP contribution in [-0.4, -0.2) is 45.3 Å². The van der Waals surface area contributed by atoms with Gasteiger partial charge < -0.3 is 14.8 Å². The number of nitrogens with zero attached hydrogens (tertiary/aromatic N) is 3. The summed E-state index contributed by atoms with van der Waals surface area (Å²) in [6, 6.07) is 2.77. The van der Waals surface area contributed by atoms with E-state index in [9.17, 15) is 18.0 Å². The van der Waals surface area contributed by atoms with E-state index in [4.69, 9.17) is 4.74 Å². The fraction of sp³-hybridized carbons (Fsp3) is 0.429. The average Bonchev–Trinajstić information content (AvgIpc) is 3.23. The monoisotopic (exact) mass is 358 g/mol. The van der Waals surface area contributed by atoms with Crippen LogP contribution in [0.2, 0.25) is 0 Å². The molecular weight excluding hydrogens is 343 g/mol. The molecule has 1 saturated heterocycles. The molecule has 0 bridgehead atoms. The molecule has 0 aromatic carbocycles. The second-order valence-corrected chi connectivity index (χ2v) is 5.40. The van der Waals surface area contributed by atoms with Crippen molar-refractivity contribution in [2.75, 3.05) is 18.5 Å². The molecule has 2 aromatic rings. The Hall–Kier alpha value is -2.56. The van der Waals surface area contributed by atoms with Gasteiger partial charge in [-0.25, -0.2) is 0 Å². The zero-order valence-electron chi connectivity index (χ0n) is 13.1. The van der Waals surface area contributed by atoms with E-state index in [2.05, 4.69) is 25.3 Å². The lowest BCUT2D eigenvalue weighted by molar-refractivity contribution is -0.154. The number of aromatic amines is 1. The maximum atomic E-state index is 12.2. The Morgan fingerprint density at radius 2 is 2.32 bits per heavy atom. The molecule has 0 spiro atoms. The molecule has 1 fully saturated rings. The molecule has 0 unspecified atom stereocenters. The maximum Gasteiger partial charge on any atom is 0.422 e. The summed E-state index contributed by atoms with van der Waals surface area (Å²) in [5.74, 6) is -0.592. The van der Waals surface area contributed by atoms with Gasteiger partial charge in [-0.15, -0.1) is 5.10 Å². The van der Waals surface area contributed by atoms with Crippen LogP contribution in [0.3, 0.4) is 0 Å². The molecule has 25 heavy (non-hydrogen) atoms. The number of nitrogens with one attached hydrogen (secondary N) is 2. The molecular formula is C14H15F3N5O3. The number of anilines is 1. The van der Waals surface area contributed by atoms with Crippen LogP contribution in [0.5, 0.6) is 5.88 Å². The number of carbonyl (C=O) groups excluding carboxylic acids is 1. The maximum absolute atomic E-state index is 12.2. The second-order valence-electron chi connectivity index (χ2n) is 5.40. The quantitative estimate of drug-likeness (QED) is 0.853. The van der Waals surface area contributed by atoms with E-state index >= 15 is 0 Å². The summed E-state index contributed by atoms with van der Waals surface area (Å²) in [5.41, 5.74) is 0.760. The zero-order valence-corrected chi connectivity index (χ0v) is 13.1. The van der Waals surface area contributed by atoms with Gasteiger partial charge in [0.15, 0.2) is 12.4 Å². The second kappa shape index (κ2) is 6.75. The normalized spacial score (nSPS) is 17.7. The minimum Gasteiger partial charge on any atom is -0.467 e. The van der Waals surface area contributed by atoms with Gasteiger partial charge in [0.2, 0.25) is 5.88 Å². The molecule has 1 aliphatic heterocycles. The van der Waals surface area contributed by atoms with E-state index in [-0.39, 0.29) is 23.5 Å². The van der Waals surface area contributed by atoms with Crippen LogP contribution >= 0.6 is 0 Å². The van der Waals surface area contributed by atoms with E-state index in [0.29, 0.717) is 6.61 Å². The molecule has 1 amide bonds. The van der Waals surface area contributed by atoms with Crippen LogP contribution in [0, 0.1) is 6.42 Å². The number of hydrogen-bond acceptors (Lipinski definition) is 5. The highest BCUT2D eigenvalue weighted by atomic mass is 19.4. The van der Waals surface area contributed by atoms with Gasteiger partial charge in [-0.05, 0) is 12.8 Å². The topological polar surface area (TPSA) is 94.1 Å². The van der Waals surface area contributed by atoms with Crippen molar-refractivity contribution in [1.82, 2.24) is 20.0 Å². The molecule has 3 heterocycles. The third kappa shape index (κ3) is 4.29. The van der Waals surface area contributed by atoms with Crippen molar-refractivity contribution in [2.45, 2.75) is 18.7 Å². The van der Waals surface area contributed by atoms with Crippen LogP contribution in [0.25, 0.3) is 0 Å². The first-order valence-electron chi connectivity index (χ1n) is 7.35. The first-order valence-corrected chi connectivity index (χ1v) is 7.35. The number of halogens is 3. The Morgan fingerprint density at radius 1 is 1.52 bits per heavy atom. The molecule has 135 valence electrons. The third-order valence-corrected chi connectivity index (χ3v) is 3.46.